The first kappa shape index (κ1) is 13.4. The van der Waals surface area contributed by atoms with Crippen molar-refractivity contribution >= 4 is 23.2 Å². The zero-order chi connectivity index (χ0) is 13.8. The molecule has 1 atom stereocenters. The standard InChI is InChI=1S/C16H21ClNOP/c17-20(19,15-4-2-1-3-5-15)18-16-9-12-6-13(10-16)8-14(7-12)11-16/h1-5,12-14H,6-11H2,(H,18,19)/t12?,13?,14?,16?,20-/m1/s1. The molecule has 4 fully saturated rings. The topological polar surface area (TPSA) is 29.1 Å². The van der Waals surface area contributed by atoms with Crippen molar-refractivity contribution in [1.82, 2.24) is 5.09 Å². The summed E-state index contributed by atoms with van der Waals surface area (Å²) in [6.45, 7) is -2.97. The number of halogens is 1. The van der Waals surface area contributed by atoms with E-state index in [1.54, 1.807) is 0 Å². The minimum Gasteiger partial charge on any atom is -0.284 e. The van der Waals surface area contributed by atoms with Gasteiger partial charge in [-0.3, -0.25) is 4.57 Å². The zero-order valence-electron chi connectivity index (χ0n) is 11.6. The Bertz CT molecular complexity index is 524. The first-order valence-corrected chi connectivity index (χ1v) is 10.3. The van der Waals surface area contributed by atoms with Crippen molar-refractivity contribution in [1.29, 1.82) is 0 Å². The van der Waals surface area contributed by atoms with E-state index in [9.17, 15) is 4.57 Å². The van der Waals surface area contributed by atoms with Crippen LogP contribution in [0.4, 0.5) is 0 Å². The molecule has 1 aromatic rings. The van der Waals surface area contributed by atoms with Crippen LogP contribution >= 0.6 is 17.9 Å². The van der Waals surface area contributed by atoms with Crippen molar-refractivity contribution in [3.8, 4) is 0 Å². The van der Waals surface area contributed by atoms with Gasteiger partial charge in [-0.15, -0.1) is 0 Å². The van der Waals surface area contributed by atoms with Gasteiger partial charge in [-0.2, -0.15) is 0 Å². The van der Waals surface area contributed by atoms with Crippen LogP contribution in [-0.2, 0) is 4.57 Å². The van der Waals surface area contributed by atoms with Crippen molar-refractivity contribution in [2.45, 2.75) is 44.1 Å². The van der Waals surface area contributed by atoms with Crippen LogP contribution in [0.2, 0.25) is 0 Å². The average Bonchev–Trinajstić information content (AvgIpc) is 2.36. The van der Waals surface area contributed by atoms with Crippen molar-refractivity contribution < 1.29 is 4.57 Å². The quantitative estimate of drug-likeness (QED) is 0.843. The minimum absolute atomic E-state index is 0.0435. The van der Waals surface area contributed by atoms with Crippen LogP contribution in [0.3, 0.4) is 0 Å². The molecule has 0 aliphatic heterocycles. The van der Waals surface area contributed by atoms with Gasteiger partial charge in [-0.05, 0) is 79.7 Å². The first-order valence-electron chi connectivity index (χ1n) is 7.69. The SMILES string of the molecule is O=[P@](Cl)(NC12CC3CC(CC(C3)C1)C2)c1ccccc1. The van der Waals surface area contributed by atoms with Gasteiger partial charge >= 0.3 is 0 Å². The molecule has 2 nitrogen and oxygen atoms in total. The summed E-state index contributed by atoms with van der Waals surface area (Å²) in [7, 11) is 0. The predicted molar refractivity (Wildman–Crippen MR) is 83.6 cm³/mol. The van der Waals surface area contributed by atoms with Crippen LogP contribution in [0.15, 0.2) is 30.3 Å². The van der Waals surface area contributed by atoms with Crippen LogP contribution in [-0.4, -0.2) is 5.54 Å². The Hall–Kier alpha value is -0.300. The summed E-state index contributed by atoms with van der Waals surface area (Å²) in [5.41, 5.74) is 0.0435. The molecule has 5 rings (SSSR count). The monoisotopic (exact) mass is 309 g/mol. The molecular formula is C16H21ClNOP. The highest BCUT2D eigenvalue weighted by Gasteiger charge is 2.52. The van der Waals surface area contributed by atoms with Crippen LogP contribution in [0.5, 0.6) is 0 Å². The van der Waals surface area contributed by atoms with Crippen LogP contribution in [0.1, 0.15) is 38.5 Å². The van der Waals surface area contributed by atoms with Gasteiger partial charge in [-0.1, -0.05) is 18.2 Å². The lowest BCUT2D eigenvalue weighted by atomic mass is 9.53. The van der Waals surface area contributed by atoms with E-state index in [4.69, 9.17) is 11.2 Å². The van der Waals surface area contributed by atoms with Gasteiger partial charge in [0.05, 0.1) is 0 Å². The van der Waals surface area contributed by atoms with E-state index in [-0.39, 0.29) is 5.54 Å². The Morgan fingerprint density at radius 3 is 2.00 bits per heavy atom. The molecule has 0 unspecified atom stereocenters. The summed E-state index contributed by atoms with van der Waals surface area (Å²) >= 11 is 6.44. The van der Waals surface area contributed by atoms with Crippen LogP contribution in [0.25, 0.3) is 0 Å². The molecule has 4 heteroatoms. The average molecular weight is 310 g/mol. The fraction of sp³-hybridized carbons (Fsp3) is 0.625. The molecule has 4 saturated carbocycles. The Kier molecular flexibility index (Phi) is 3.07. The van der Waals surface area contributed by atoms with E-state index in [0.717, 1.165) is 23.1 Å². The summed E-state index contributed by atoms with van der Waals surface area (Å²) in [6, 6.07) is 9.51. The Morgan fingerprint density at radius 1 is 1.00 bits per heavy atom. The van der Waals surface area contributed by atoms with Crippen molar-refractivity contribution in [3.63, 3.8) is 0 Å². The van der Waals surface area contributed by atoms with Gasteiger partial charge in [0.25, 0.3) is 6.65 Å². The lowest BCUT2D eigenvalue weighted by Gasteiger charge is -2.57. The van der Waals surface area contributed by atoms with E-state index in [1.807, 2.05) is 30.3 Å². The molecule has 0 radical (unpaired) electrons. The van der Waals surface area contributed by atoms with E-state index in [1.165, 1.54) is 38.5 Å². The minimum atomic E-state index is -2.97. The molecule has 0 aromatic heterocycles. The maximum absolute atomic E-state index is 13.0. The number of nitrogens with one attached hydrogen (secondary N) is 1. The fourth-order valence-corrected chi connectivity index (χ4v) is 7.68. The molecule has 4 bridgehead atoms. The molecule has 20 heavy (non-hydrogen) atoms. The lowest BCUT2D eigenvalue weighted by Crippen LogP contribution is -2.57. The molecule has 1 aromatic carbocycles. The summed E-state index contributed by atoms with van der Waals surface area (Å²) in [4.78, 5) is 0. The molecule has 0 spiro atoms. The third-order valence-corrected chi connectivity index (χ3v) is 8.07. The Balaban J connectivity index is 1.61. The maximum atomic E-state index is 13.0. The smallest absolute Gasteiger partial charge is 0.261 e. The zero-order valence-corrected chi connectivity index (χ0v) is 13.2. The number of benzene rings is 1. The second-order valence-electron chi connectivity index (χ2n) is 7.18. The molecular weight excluding hydrogens is 289 g/mol. The van der Waals surface area contributed by atoms with E-state index >= 15 is 0 Å². The van der Waals surface area contributed by atoms with Crippen molar-refractivity contribution in [2.75, 3.05) is 0 Å². The Morgan fingerprint density at radius 2 is 1.50 bits per heavy atom. The molecule has 1 N–H and O–H groups in total. The second-order valence-corrected chi connectivity index (χ2v) is 10.4. The summed E-state index contributed by atoms with van der Waals surface area (Å²) in [6.07, 6.45) is 7.67. The Labute approximate surface area is 125 Å². The molecule has 0 amide bonds. The molecule has 0 heterocycles. The second kappa shape index (κ2) is 4.60. The maximum Gasteiger partial charge on any atom is 0.261 e. The predicted octanol–water partition coefficient (Wildman–Crippen LogP) is 4.30. The van der Waals surface area contributed by atoms with Gasteiger partial charge in [-0.25, -0.2) is 5.09 Å². The highest BCUT2D eigenvalue weighted by molar-refractivity contribution is 7.93. The van der Waals surface area contributed by atoms with Crippen LogP contribution < -0.4 is 10.4 Å². The largest absolute Gasteiger partial charge is 0.284 e. The van der Waals surface area contributed by atoms with E-state index in [0.29, 0.717) is 0 Å². The van der Waals surface area contributed by atoms with Gasteiger partial charge < -0.3 is 0 Å². The summed E-state index contributed by atoms with van der Waals surface area (Å²) in [5.74, 6) is 2.50. The lowest BCUT2D eigenvalue weighted by molar-refractivity contribution is -0.00801. The molecule has 4 aliphatic rings. The van der Waals surface area contributed by atoms with Crippen LogP contribution in [0, 0.1) is 17.8 Å². The summed E-state index contributed by atoms with van der Waals surface area (Å²) in [5, 5.41) is 4.19. The fourth-order valence-electron chi connectivity index (χ4n) is 5.24. The third kappa shape index (κ3) is 2.26. The van der Waals surface area contributed by atoms with E-state index < -0.39 is 6.65 Å². The molecule has 108 valence electrons. The van der Waals surface area contributed by atoms with Gasteiger partial charge in [0.2, 0.25) is 0 Å². The highest BCUT2D eigenvalue weighted by atomic mass is 35.7. The van der Waals surface area contributed by atoms with Crippen molar-refractivity contribution in [3.05, 3.63) is 30.3 Å². The normalized spacial score (nSPS) is 41.5. The first-order chi connectivity index (χ1) is 9.55. The number of rotatable bonds is 3. The van der Waals surface area contributed by atoms with Crippen molar-refractivity contribution in [2.24, 2.45) is 17.8 Å². The van der Waals surface area contributed by atoms with Gasteiger partial charge in [0.15, 0.2) is 0 Å². The van der Waals surface area contributed by atoms with Gasteiger partial charge in [0, 0.05) is 10.8 Å². The molecule has 4 aliphatic carbocycles. The number of hydrogen-bond donors (Lipinski definition) is 1. The van der Waals surface area contributed by atoms with E-state index in [2.05, 4.69) is 5.09 Å². The van der Waals surface area contributed by atoms with Gasteiger partial charge in [0.1, 0.15) is 0 Å². The summed E-state index contributed by atoms with van der Waals surface area (Å²) < 4.78 is 13.0. The highest BCUT2D eigenvalue weighted by Crippen LogP contribution is 2.59. The third-order valence-electron chi connectivity index (χ3n) is 5.51. The number of hydrogen-bond acceptors (Lipinski definition) is 1. The molecule has 0 saturated heterocycles.